The highest BCUT2D eigenvalue weighted by Crippen LogP contribution is 2.31. The van der Waals surface area contributed by atoms with E-state index in [9.17, 15) is 14.9 Å². The van der Waals surface area contributed by atoms with Crippen molar-refractivity contribution in [2.75, 3.05) is 44.3 Å². The highest BCUT2D eigenvalue weighted by atomic mass is 32.1. The molecule has 34 heavy (non-hydrogen) atoms. The fourth-order valence-corrected chi connectivity index (χ4v) is 4.98. The van der Waals surface area contributed by atoms with Crippen molar-refractivity contribution in [3.8, 4) is 0 Å². The molecule has 1 amide bonds. The normalized spacial score (nSPS) is 14.6. The maximum absolute atomic E-state index is 13.3. The van der Waals surface area contributed by atoms with Crippen molar-refractivity contribution in [2.24, 2.45) is 0 Å². The number of morpholine rings is 1. The van der Waals surface area contributed by atoms with E-state index >= 15 is 0 Å². The quantitative estimate of drug-likeness (QED) is 0.254. The molecule has 0 atom stereocenters. The number of aryl methyl sites for hydroxylation is 1. The lowest BCUT2D eigenvalue weighted by molar-refractivity contribution is -0.384. The standard InChI is InChI=1S/C25H28N4O4S/c1-2-20-5-3-6-22-24(20)26-25(34-22)28(14-4-13-27-15-17-33-18-16-27)23(30)12-9-19-7-10-21(11-8-19)29(31)32/h3,5-12H,2,4,13-18H2,1H3/b12-9+. The number of anilines is 1. The Morgan fingerprint density at radius 2 is 2.00 bits per heavy atom. The highest BCUT2D eigenvalue weighted by molar-refractivity contribution is 7.22. The molecule has 0 radical (unpaired) electrons. The van der Waals surface area contributed by atoms with Gasteiger partial charge in [0.05, 0.1) is 28.4 Å². The Kier molecular flexibility index (Phi) is 7.99. The second-order valence-electron chi connectivity index (χ2n) is 8.09. The monoisotopic (exact) mass is 480 g/mol. The SMILES string of the molecule is CCc1cccc2sc(N(CCCN3CCOCC3)C(=O)/C=C/c3ccc([N+](=O)[O-])cc3)nc12. The molecule has 178 valence electrons. The smallest absolute Gasteiger partial charge is 0.269 e. The van der Waals surface area contributed by atoms with Gasteiger partial charge >= 0.3 is 0 Å². The number of carbonyl (C=O) groups is 1. The van der Waals surface area contributed by atoms with E-state index in [4.69, 9.17) is 9.72 Å². The van der Waals surface area contributed by atoms with E-state index in [2.05, 4.69) is 17.9 Å². The van der Waals surface area contributed by atoms with E-state index in [0.717, 1.165) is 61.5 Å². The van der Waals surface area contributed by atoms with Crippen LogP contribution in [0.4, 0.5) is 10.8 Å². The second kappa shape index (κ2) is 11.3. The maximum atomic E-state index is 13.3. The number of fused-ring (bicyclic) bond motifs is 1. The second-order valence-corrected chi connectivity index (χ2v) is 9.10. The van der Waals surface area contributed by atoms with E-state index < -0.39 is 4.92 Å². The van der Waals surface area contributed by atoms with Gasteiger partial charge in [-0.25, -0.2) is 4.98 Å². The van der Waals surface area contributed by atoms with Crippen molar-refractivity contribution in [1.82, 2.24) is 9.88 Å². The number of carbonyl (C=O) groups excluding carboxylic acids is 1. The molecular formula is C25H28N4O4S. The summed E-state index contributed by atoms with van der Waals surface area (Å²) >= 11 is 1.53. The lowest BCUT2D eigenvalue weighted by Crippen LogP contribution is -2.39. The van der Waals surface area contributed by atoms with Crippen LogP contribution in [-0.4, -0.2) is 60.1 Å². The number of nitro groups is 1. The van der Waals surface area contributed by atoms with Gasteiger partial charge in [0.2, 0.25) is 0 Å². The van der Waals surface area contributed by atoms with Crippen LogP contribution in [0.25, 0.3) is 16.3 Å². The Bertz CT molecular complexity index is 1170. The summed E-state index contributed by atoms with van der Waals surface area (Å²) in [6, 6.07) is 12.3. The van der Waals surface area contributed by atoms with Gasteiger partial charge in [-0.3, -0.25) is 24.7 Å². The summed E-state index contributed by atoms with van der Waals surface area (Å²) in [4.78, 5) is 32.6. The molecule has 1 aromatic heterocycles. The van der Waals surface area contributed by atoms with Gasteiger partial charge in [-0.2, -0.15) is 0 Å². The third-order valence-electron chi connectivity index (χ3n) is 5.85. The first-order valence-corrected chi connectivity index (χ1v) is 12.3. The van der Waals surface area contributed by atoms with E-state index in [1.165, 1.54) is 35.1 Å². The van der Waals surface area contributed by atoms with Crippen LogP contribution >= 0.6 is 11.3 Å². The lowest BCUT2D eigenvalue weighted by Gasteiger charge is -2.27. The van der Waals surface area contributed by atoms with Crippen LogP contribution in [0.3, 0.4) is 0 Å². The van der Waals surface area contributed by atoms with Crippen LogP contribution in [-0.2, 0) is 16.0 Å². The van der Waals surface area contributed by atoms with Gasteiger partial charge in [-0.05, 0) is 48.2 Å². The number of ether oxygens (including phenoxy) is 1. The summed E-state index contributed by atoms with van der Waals surface area (Å²) in [6.07, 6.45) is 4.91. The molecule has 2 aromatic carbocycles. The molecule has 1 fully saturated rings. The van der Waals surface area contributed by atoms with Crippen LogP contribution < -0.4 is 4.90 Å². The molecule has 1 aliphatic rings. The molecule has 0 N–H and O–H groups in total. The molecule has 2 heterocycles. The number of non-ortho nitro benzene ring substituents is 1. The number of hydrogen-bond acceptors (Lipinski definition) is 7. The van der Waals surface area contributed by atoms with Gasteiger partial charge in [0.1, 0.15) is 0 Å². The third kappa shape index (κ3) is 5.85. The summed E-state index contributed by atoms with van der Waals surface area (Å²) < 4.78 is 6.49. The first-order chi connectivity index (χ1) is 16.5. The van der Waals surface area contributed by atoms with Crippen LogP contribution in [0, 0.1) is 10.1 Å². The summed E-state index contributed by atoms with van der Waals surface area (Å²) in [7, 11) is 0. The van der Waals surface area contributed by atoms with Gasteiger partial charge in [-0.15, -0.1) is 0 Å². The Hall–Kier alpha value is -3.14. The topological polar surface area (TPSA) is 88.8 Å². The molecular weight excluding hydrogens is 452 g/mol. The number of nitrogens with zero attached hydrogens (tertiary/aromatic N) is 4. The van der Waals surface area contributed by atoms with Crippen molar-refractivity contribution in [3.05, 3.63) is 69.8 Å². The Balaban J connectivity index is 1.53. The first-order valence-electron chi connectivity index (χ1n) is 11.5. The average Bonchev–Trinajstić information content (AvgIpc) is 3.30. The van der Waals surface area contributed by atoms with E-state index in [0.29, 0.717) is 11.7 Å². The van der Waals surface area contributed by atoms with E-state index in [-0.39, 0.29) is 11.6 Å². The minimum atomic E-state index is -0.438. The minimum absolute atomic E-state index is 0.0226. The average molecular weight is 481 g/mol. The zero-order valence-corrected chi connectivity index (χ0v) is 20.0. The molecule has 1 aliphatic heterocycles. The van der Waals surface area contributed by atoms with Crippen molar-refractivity contribution < 1.29 is 14.5 Å². The number of nitro benzene ring substituents is 1. The molecule has 0 bridgehead atoms. The van der Waals surface area contributed by atoms with Crippen molar-refractivity contribution in [1.29, 1.82) is 0 Å². The van der Waals surface area contributed by atoms with Crippen molar-refractivity contribution in [2.45, 2.75) is 19.8 Å². The molecule has 9 heteroatoms. The van der Waals surface area contributed by atoms with Crippen LogP contribution in [0.2, 0.25) is 0 Å². The molecule has 4 rings (SSSR count). The Morgan fingerprint density at radius 1 is 1.24 bits per heavy atom. The Labute approximate surface area is 202 Å². The summed E-state index contributed by atoms with van der Waals surface area (Å²) in [5.41, 5.74) is 2.87. The maximum Gasteiger partial charge on any atom is 0.269 e. The number of para-hydroxylation sites is 1. The number of amides is 1. The summed E-state index contributed by atoms with van der Waals surface area (Å²) in [5.74, 6) is -0.155. The molecule has 3 aromatic rings. The zero-order valence-electron chi connectivity index (χ0n) is 19.2. The van der Waals surface area contributed by atoms with Crippen LogP contribution in [0.15, 0.2) is 48.5 Å². The minimum Gasteiger partial charge on any atom is -0.379 e. The highest BCUT2D eigenvalue weighted by Gasteiger charge is 2.19. The van der Waals surface area contributed by atoms with Crippen LogP contribution in [0.1, 0.15) is 24.5 Å². The van der Waals surface area contributed by atoms with Crippen LogP contribution in [0.5, 0.6) is 0 Å². The molecule has 0 spiro atoms. The number of rotatable bonds is 9. The first kappa shape index (κ1) is 24.0. The van der Waals surface area contributed by atoms with E-state index in [1.54, 1.807) is 23.1 Å². The summed E-state index contributed by atoms with van der Waals surface area (Å²) in [6.45, 7) is 6.87. The van der Waals surface area contributed by atoms with E-state index in [1.807, 2.05) is 12.1 Å². The van der Waals surface area contributed by atoms with Gasteiger partial charge in [-0.1, -0.05) is 30.4 Å². The van der Waals surface area contributed by atoms with Crippen molar-refractivity contribution in [3.63, 3.8) is 0 Å². The fourth-order valence-electron chi connectivity index (χ4n) is 3.94. The number of aromatic nitrogens is 1. The van der Waals surface area contributed by atoms with Crippen molar-refractivity contribution >= 4 is 44.4 Å². The zero-order chi connectivity index (χ0) is 23.9. The molecule has 8 nitrogen and oxygen atoms in total. The fraction of sp³-hybridized carbons (Fsp3) is 0.360. The number of hydrogen-bond donors (Lipinski definition) is 0. The number of thiazole rings is 1. The van der Waals surface area contributed by atoms with Gasteiger partial charge in [0.25, 0.3) is 11.6 Å². The molecule has 0 unspecified atom stereocenters. The van der Waals surface area contributed by atoms with Gasteiger partial charge < -0.3 is 4.74 Å². The van der Waals surface area contributed by atoms with Gasteiger partial charge in [0, 0.05) is 44.4 Å². The predicted octanol–water partition coefficient (Wildman–Crippen LogP) is 4.54. The molecule has 1 saturated heterocycles. The third-order valence-corrected chi connectivity index (χ3v) is 6.89. The summed E-state index contributed by atoms with van der Waals surface area (Å²) in [5, 5.41) is 11.6. The number of benzene rings is 2. The predicted molar refractivity (Wildman–Crippen MR) is 135 cm³/mol. The lowest BCUT2D eigenvalue weighted by atomic mass is 10.1. The molecule has 0 aliphatic carbocycles. The van der Waals surface area contributed by atoms with Gasteiger partial charge in [0.15, 0.2) is 5.13 Å². The Morgan fingerprint density at radius 3 is 2.71 bits per heavy atom. The molecule has 0 saturated carbocycles. The largest absolute Gasteiger partial charge is 0.379 e.